The highest BCUT2D eigenvalue weighted by Gasteiger charge is 2.10. The molecule has 92 valence electrons. The van der Waals surface area contributed by atoms with E-state index in [9.17, 15) is 0 Å². The van der Waals surface area contributed by atoms with Crippen LogP contribution in [0.15, 0.2) is 0 Å². The fourth-order valence-corrected chi connectivity index (χ4v) is 1.91. The van der Waals surface area contributed by atoms with E-state index in [1.807, 2.05) is 4.68 Å². The Bertz CT molecular complexity index is 309. The van der Waals surface area contributed by atoms with Gasteiger partial charge in [-0.1, -0.05) is 18.6 Å². The van der Waals surface area contributed by atoms with E-state index in [0.717, 1.165) is 38.0 Å². The summed E-state index contributed by atoms with van der Waals surface area (Å²) in [7, 11) is 4.16. The lowest BCUT2D eigenvalue weighted by molar-refractivity contribution is 0.376. The second-order valence-corrected chi connectivity index (χ2v) is 4.51. The van der Waals surface area contributed by atoms with Gasteiger partial charge in [0.05, 0.1) is 11.6 Å². The van der Waals surface area contributed by atoms with Crippen molar-refractivity contribution in [2.24, 2.45) is 0 Å². The van der Waals surface area contributed by atoms with Crippen molar-refractivity contribution >= 4 is 11.6 Å². The van der Waals surface area contributed by atoms with Crippen LogP contribution in [0.2, 0.25) is 0 Å². The molecule has 0 saturated carbocycles. The first-order chi connectivity index (χ1) is 7.69. The average molecular weight is 245 g/mol. The van der Waals surface area contributed by atoms with Crippen LogP contribution in [0.25, 0.3) is 0 Å². The van der Waals surface area contributed by atoms with Crippen molar-refractivity contribution in [1.29, 1.82) is 0 Å². The molecule has 1 rings (SSSR count). The van der Waals surface area contributed by atoms with Gasteiger partial charge in [0, 0.05) is 6.54 Å². The molecule has 1 aromatic rings. The number of rotatable bonds is 7. The molecule has 1 aromatic heterocycles. The highest BCUT2D eigenvalue weighted by atomic mass is 35.5. The predicted molar refractivity (Wildman–Crippen MR) is 66.7 cm³/mol. The number of aryl methyl sites for hydroxylation is 1. The van der Waals surface area contributed by atoms with Crippen LogP contribution in [0.1, 0.15) is 31.2 Å². The number of nitrogens with zero attached hydrogens (tertiary/aromatic N) is 4. The topological polar surface area (TPSA) is 34.0 Å². The Morgan fingerprint density at radius 2 is 2.12 bits per heavy atom. The van der Waals surface area contributed by atoms with Crippen LogP contribution in [-0.4, -0.2) is 40.5 Å². The van der Waals surface area contributed by atoms with Crippen molar-refractivity contribution in [2.75, 3.05) is 20.6 Å². The van der Waals surface area contributed by atoms with Gasteiger partial charge in [-0.3, -0.25) is 0 Å². The third kappa shape index (κ3) is 3.76. The monoisotopic (exact) mass is 244 g/mol. The lowest BCUT2D eigenvalue weighted by Crippen LogP contribution is -2.16. The molecule has 0 saturated heterocycles. The van der Waals surface area contributed by atoms with E-state index in [0.29, 0.717) is 5.88 Å². The number of aromatic nitrogens is 3. The second-order valence-electron chi connectivity index (χ2n) is 4.25. The number of halogens is 1. The number of hydrogen-bond acceptors (Lipinski definition) is 3. The molecule has 0 spiro atoms. The largest absolute Gasteiger partial charge is 0.309 e. The summed E-state index contributed by atoms with van der Waals surface area (Å²) in [6.07, 6.45) is 3.21. The van der Waals surface area contributed by atoms with Crippen molar-refractivity contribution in [1.82, 2.24) is 19.9 Å². The molecule has 1 heterocycles. The van der Waals surface area contributed by atoms with Crippen LogP contribution in [0.5, 0.6) is 0 Å². The summed E-state index contributed by atoms with van der Waals surface area (Å²) in [5.41, 5.74) is 2.14. The molecule has 0 atom stereocenters. The van der Waals surface area contributed by atoms with Crippen LogP contribution >= 0.6 is 11.6 Å². The minimum absolute atomic E-state index is 0.461. The fourth-order valence-electron chi connectivity index (χ4n) is 1.70. The molecule has 0 unspecified atom stereocenters. The third-order valence-electron chi connectivity index (χ3n) is 2.51. The van der Waals surface area contributed by atoms with E-state index < -0.39 is 0 Å². The smallest absolute Gasteiger partial charge is 0.101 e. The van der Waals surface area contributed by atoms with Crippen LogP contribution in [-0.2, 0) is 18.8 Å². The highest BCUT2D eigenvalue weighted by molar-refractivity contribution is 6.16. The highest BCUT2D eigenvalue weighted by Crippen LogP contribution is 2.11. The molecule has 0 aromatic carbocycles. The van der Waals surface area contributed by atoms with Gasteiger partial charge in [-0.05, 0) is 33.5 Å². The standard InChI is InChI=1S/C11H21ClN4/c1-4-6-11-10(9-12)13-14-16(11)8-5-7-15(2)3/h4-9H2,1-3H3. The average Bonchev–Trinajstić information content (AvgIpc) is 2.61. The summed E-state index contributed by atoms with van der Waals surface area (Å²) in [4.78, 5) is 2.18. The van der Waals surface area contributed by atoms with Crippen molar-refractivity contribution < 1.29 is 0 Å². The van der Waals surface area contributed by atoms with E-state index in [1.54, 1.807) is 0 Å². The van der Waals surface area contributed by atoms with Gasteiger partial charge in [-0.2, -0.15) is 0 Å². The summed E-state index contributed by atoms with van der Waals surface area (Å²) in [6.45, 7) is 4.16. The molecule has 0 aliphatic rings. The van der Waals surface area contributed by atoms with Crippen LogP contribution in [0.4, 0.5) is 0 Å². The fraction of sp³-hybridized carbons (Fsp3) is 0.818. The molecule has 0 aliphatic carbocycles. The first-order valence-electron chi connectivity index (χ1n) is 5.81. The summed E-state index contributed by atoms with van der Waals surface area (Å²) in [5, 5.41) is 8.28. The first-order valence-corrected chi connectivity index (χ1v) is 6.34. The summed E-state index contributed by atoms with van der Waals surface area (Å²) >= 11 is 5.84. The zero-order valence-electron chi connectivity index (χ0n) is 10.4. The van der Waals surface area contributed by atoms with Gasteiger partial charge in [-0.15, -0.1) is 16.7 Å². The molecule has 0 amide bonds. The van der Waals surface area contributed by atoms with Crippen molar-refractivity contribution in [2.45, 2.75) is 38.6 Å². The van der Waals surface area contributed by atoms with Gasteiger partial charge < -0.3 is 4.90 Å². The lowest BCUT2D eigenvalue weighted by atomic mass is 10.2. The molecule has 0 fully saturated rings. The zero-order valence-corrected chi connectivity index (χ0v) is 11.2. The number of hydrogen-bond donors (Lipinski definition) is 0. The molecule has 16 heavy (non-hydrogen) atoms. The Morgan fingerprint density at radius 1 is 1.38 bits per heavy atom. The van der Waals surface area contributed by atoms with Crippen LogP contribution < -0.4 is 0 Å². The molecule has 0 radical (unpaired) electrons. The van der Waals surface area contributed by atoms with E-state index in [2.05, 4.69) is 36.2 Å². The summed E-state index contributed by atoms with van der Waals surface area (Å²) in [5.74, 6) is 0.461. The minimum atomic E-state index is 0.461. The molecule has 4 nitrogen and oxygen atoms in total. The maximum atomic E-state index is 5.84. The van der Waals surface area contributed by atoms with Gasteiger partial charge >= 0.3 is 0 Å². The zero-order chi connectivity index (χ0) is 12.0. The minimum Gasteiger partial charge on any atom is -0.309 e. The van der Waals surface area contributed by atoms with E-state index in [4.69, 9.17) is 11.6 Å². The van der Waals surface area contributed by atoms with Crippen LogP contribution in [0.3, 0.4) is 0 Å². The second kappa shape index (κ2) is 6.86. The molecule has 0 bridgehead atoms. The lowest BCUT2D eigenvalue weighted by Gasteiger charge is -2.10. The van der Waals surface area contributed by atoms with Gasteiger partial charge in [0.15, 0.2) is 0 Å². The number of alkyl halides is 1. The van der Waals surface area contributed by atoms with Crippen molar-refractivity contribution in [3.63, 3.8) is 0 Å². The maximum absolute atomic E-state index is 5.84. The normalized spacial score (nSPS) is 11.3. The Morgan fingerprint density at radius 3 is 2.69 bits per heavy atom. The van der Waals surface area contributed by atoms with E-state index in [1.165, 1.54) is 5.69 Å². The van der Waals surface area contributed by atoms with Crippen molar-refractivity contribution in [3.05, 3.63) is 11.4 Å². The van der Waals surface area contributed by atoms with Crippen molar-refractivity contribution in [3.8, 4) is 0 Å². The first kappa shape index (κ1) is 13.5. The Labute approximate surface area is 103 Å². The van der Waals surface area contributed by atoms with E-state index >= 15 is 0 Å². The molecular formula is C11H21ClN4. The summed E-state index contributed by atoms with van der Waals surface area (Å²) in [6, 6.07) is 0. The van der Waals surface area contributed by atoms with Gasteiger partial charge in [0.25, 0.3) is 0 Å². The van der Waals surface area contributed by atoms with E-state index in [-0.39, 0.29) is 0 Å². The summed E-state index contributed by atoms with van der Waals surface area (Å²) < 4.78 is 2.00. The molecule has 0 N–H and O–H groups in total. The van der Waals surface area contributed by atoms with Gasteiger partial charge in [0.1, 0.15) is 5.69 Å². The quantitative estimate of drug-likeness (QED) is 0.688. The Kier molecular flexibility index (Phi) is 5.77. The molecular weight excluding hydrogens is 224 g/mol. The maximum Gasteiger partial charge on any atom is 0.101 e. The SMILES string of the molecule is CCCc1c(CCl)nnn1CCCN(C)C. The third-order valence-corrected chi connectivity index (χ3v) is 2.76. The Balaban J connectivity index is 2.60. The molecule has 0 aliphatic heterocycles. The van der Waals surface area contributed by atoms with Gasteiger partial charge in [-0.25, -0.2) is 4.68 Å². The van der Waals surface area contributed by atoms with Crippen LogP contribution in [0, 0.1) is 0 Å². The predicted octanol–water partition coefficient (Wildman–Crippen LogP) is 1.92. The Hall–Kier alpha value is -0.610. The molecule has 5 heteroatoms. The van der Waals surface area contributed by atoms with Gasteiger partial charge in [0.2, 0.25) is 0 Å².